The van der Waals surface area contributed by atoms with Gasteiger partial charge in [-0.2, -0.15) is 0 Å². The Labute approximate surface area is 178 Å². The smallest absolute Gasteiger partial charge is 0.231 e. The van der Waals surface area contributed by atoms with Crippen LogP contribution in [-0.4, -0.2) is 43.9 Å². The minimum Gasteiger partial charge on any atom is -0.454 e. The van der Waals surface area contributed by atoms with Crippen LogP contribution in [0.4, 0.5) is 5.82 Å². The van der Waals surface area contributed by atoms with E-state index in [1.54, 1.807) is 0 Å². The van der Waals surface area contributed by atoms with E-state index in [-0.39, 0.29) is 0 Å². The van der Waals surface area contributed by atoms with E-state index >= 15 is 0 Å². The van der Waals surface area contributed by atoms with Crippen molar-refractivity contribution in [2.24, 2.45) is 4.99 Å². The van der Waals surface area contributed by atoms with Crippen molar-refractivity contribution in [1.29, 1.82) is 0 Å². The van der Waals surface area contributed by atoms with Crippen LogP contribution < -0.4 is 25.0 Å². The van der Waals surface area contributed by atoms with Gasteiger partial charge in [0.05, 0.1) is 6.54 Å². The van der Waals surface area contributed by atoms with Gasteiger partial charge in [0.25, 0.3) is 0 Å². The Morgan fingerprint density at radius 1 is 1.03 bits per heavy atom. The number of hydrogen-bond acceptors (Lipinski definition) is 5. The molecule has 3 heterocycles. The highest BCUT2D eigenvalue weighted by Gasteiger charge is 2.13. The van der Waals surface area contributed by atoms with Gasteiger partial charge in [-0.15, -0.1) is 0 Å². The molecule has 0 bridgehead atoms. The molecule has 2 N–H and O–H groups in total. The third-order valence-corrected chi connectivity index (χ3v) is 5.40. The molecule has 7 nitrogen and oxygen atoms in total. The molecule has 0 atom stereocenters. The van der Waals surface area contributed by atoms with Crippen molar-refractivity contribution < 1.29 is 9.47 Å². The molecule has 0 saturated carbocycles. The maximum Gasteiger partial charge on any atom is 0.231 e. The second kappa shape index (κ2) is 10.2. The summed E-state index contributed by atoms with van der Waals surface area (Å²) < 4.78 is 10.8. The fraction of sp³-hybridized carbons (Fsp3) is 0.478. The topological polar surface area (TPSA) is 71.0 Å². The maximum atomic E-state index is 5.46. The van der Waals surface area contributed by atoms with E-state index in [1.807, 2.05) is 24.4 Å². The molecule has 4 rings (SSSR count). The van der Waals surface area contributed by atoms with Crippen molar-refractivity contribution in [3.05, 3.63) is 47.7 Å². The molecule has 2 aliphatic rings. The largest absolute Gasteiger partial charge is 0.454 e. The summed E-state index contributed by atoms with van der Waals surface area (Å²) in [5.74, 6) is 3.55. The van der Waals surface area contributed by atoms with Crippen molar-refractivity contribution >= 4 is 11.8 Å². The summed E-state index contributed by atoms with van der Waals surface area (Å²) in [6.45, 7) is 6.83. The fourth-order valence-corrected chi connectivity index (χ4v) is 3.79. The average Bonchev–Trinajstić information content (AvgIpc) is 3.26. The van der Waals surface area contributed by atoms with Gasteiger partial charge < -0.3 is 25.0 Å². The van der Waals surface area contributed by atoms with E-state index in [9.17, 15) is 0 Å². The number of guanidine groups is 1. The van der Waals surface area contributed by atoms with Gasteiger partial charge in [0, 0.05) is 32.4 Å². The Balaban J connectivity index is 1.32. The summed E-state index contributed by atoms with van der Waals surface area (Å²) in [5.41, 5.74) is 2.39. The summed E-state index contributed by atoms with van der Waals surface area (Å²) in [4.78, 5) is 11.7. The monoisotopic (exact) mass is 409 g/mol. The lowest BCUT2D eigenvalue weighted by molar-refractivity contribution is 0.174. The highest BCUT2D eigenvalue weighted by molar-refractivity contribution is 5.79. The molecule has 0 amide bonds. The van der Waals surface area contributed by atoms with Gasteiger partial charge in [-0.1, -0.05) is 6.07 Å². The van der Waals surface area contributed by atoms with E-state index in [1.165, 1.54) is 30.4 Å². The molecule has 160 valence electrons. The molecular weight excluding hydrogens is 378 g/mol. The normalized spacial score (nSPS) is 15.9. The number of pyridine rings is 1. The quantitative estimate of drug-likeness (QED) is 0.541. The third kappa shape index (κ3) is 5.34. The van der Waals surface area contributed by atoms with E-state index in [4.69, 9.17) is 14.5 Å². The Kier molecular flexibility index (Phi) is 6.90. The highest BCUT2D eigenvalue weighted by atomic mass is 16.7. The van der Waals surface area contributed by atoms with Crippen molar-refractivity contribution in [2.75, 3.05) is 37.9 Å². The Bertz CT molecular complexity index is 864. The number of aliphatic imine (C=N–C) groups is 1. The van der Waals surface area contributed by atoms with E-state index < -0.39 is 0 Å². The lowest BCUT2D eigenvalue weighted by atomic mass is 10.1. The van der Waals surface area contributed by atoms with Crippen LogP contribution in [0.3, 0.4) is 0 Å². The van der Waals surface area contributed by atoms with Gasteiger partial charge in [0.1, 0.15) is 5.82 Å². The molecule has 2 aliphatic heterocycles. The number of nitrogens with one attached hydrogen (secondary N) is 2. The first kappa shape index (κ1) is 20.3. The average molecular weight is 410 g/mol. The SMILES string of the molecule is CCNC(=NCc1ccnc(N2CCCCC2)c1)NCCc1ccc2c(c1)OCO2. The molecule has 0 radical (unpaired) electrons. The summed E-state index contributed by atoms with van der Waals surface area (Å²) in [5, 5.41) is 6.75. The minimum absolute atomic E-state index is 0.308. The Morgan fingerprint density at radius 2 is 1.90 bits per heavy atom. The maximum absolute atomic E-state index is 5.46. The molecular formula is C23H31N5O2. The summed E-state index contributed by atoms with van der Waals surface area (Å²) in [7, 11) is 0. The number of piperidine rings is 1. The van der Waals surface area contributed by atoms with Crippen LogP contribution in [0.5, 0.6) is 11.5 Å². The number of nitrogens with zero attached hydrogens (tertiary/aromatic N) is 3. The Morgan fingerprint density at radius 3 is 2.77 bits per heavy atom. The van der Waals surface area contributed by atoms with Crippen molar-refractivity contribution in [3.8, 4) is 11.5 Å². The number of hydrogen-bond donors (Lipinski definition) is 2. The number of fused-ring (bicyclic) bond motifs is 1. The molecule has 7 heteroatoms. The number of anilines is 1. The molecule has 1 aromatic heterocycles. The van der Waals surface area contributed by atoms with Crippen LogP contribution >= 0.6 is 0 Å². The van der Waals surface area contributed by atoms with Crippen LogP contribution in [0.25, 0.3) is 0 Å². The van der Waals surface area contributed by atoms with Crippen molar-refractivity contribution in [2.45, 2.75) is 39.2 Å². The van der Waals surface area contributed by atoms with E-state index in [2.05, 4.69) is 39.6 Å². The van der Waals surface area contributed by atoms with E-state index in [0.29, 0.717) is 13.3 Å². The van der Waals surface area contributed by atoms with Gasteiger partial charge >= 0.3 is 0 Å². The lowest BCUT2D eigenvalue weighted by Gasteiger charge is -2.27. The molecule has 0 unspecified atom stereocenters. The van der Waals surface area contributed by atoms with E-state index in [0.717, 1.165) is 55.9 Å². The predicted octanol–water partition coefficient (Wildman–Crippen LogP) is 3.10. The number of aromatic nitrogens is 1. The number of benzene rings is 1. The standard InChI is InChI=1S/C23H31N5O2/c1-2-24-23(26-11-8-18-6-7-20-21(14-18)30-17-29-20)27-16-19-9-10-25-22(15-19)28-12-4-3-5-13-28/h6-7,9-10,14-15H,2-5,8,11-13,16-17H2,1H3,(H2,24,26,27). The minimum atomic E-state index is 0.308. The van der Waals surface area contributed by atoms with Crippen molar-refractivity contribution in [3.63, 3.8) is 0 Å². The highest BCUT2D eigenvalue weighted by Crippen LogP contribution is 2.32. The van der Waals surface area contributed by atoms with Crippen LogP contribution in [-0.2, 0) is 13.0 Å². The first-order valence-electron chi connectivity index (χ1n) is 10.9. The zero-order valence-corrected chi connectivity index (χ0v) is 17.7. The molecule has 1 saturated heterocycles. The van der Waals surface area contributed by atoms with Gasteiger partial charge in [0.15, 0.2) is 17.5 Å². The van der Waals surface area contributed by atoms with Crippen LogP contribution in [0.15, 0.2) is 41.5 Å². The second-order valence-electron chi connectivity index (χ2n) is 7.63. The summed E-state index contributed by atoms with van der Waals surface area (Å²) in [6, 6.07) is 10.3. The summed E-state index contributed by atoms with van der Waals surface area (Å²) >= 11 is 0. The van der Waals surface area contributed by atoms with Crippen LogP contribution in [0.2, 0.25) is 0 Å². The molecule has 0 spiro atoms. The molecule has 0 aliphatic carbocycles. The van der Waals surface area contributed by atoms with Gasteiger partial charge in [-0.25, -0.2) is 9.98 Å². The molecule has 2 aromatic rings. The second-order valence-corrected chi connectivity index (χ2v) is 7.63. The fourth-order valence-electron chi connectivity index (χ4n) is 3.79. The molecule has 1 aromatic carbocycles. The van der Waals surface area contributed by atoms with Crippen molar-refractivity contribution in [1.82, 2.24) is 15.6 Å². The molecule has 1 fully saturated rings. The molecule has 30 heavy (non-hydrogen) atoms. The zero-order valence-electron chi connectivity index (χ0n) is 17.7. The van der Waals surface area contributed by atoms with Gasteiger partial charge in [0.2, 0.25) is 6.79 Å². The van der Waals surface area contributed by atoms with Crippen LogP contribution in [0, 0.1) is 0 Å². The Hall–Kier alpha value is -2.96. The van der Waals surface area contributed by atoms with Gasteiger partial charge in [-0.3, -0.25) is 0 Å². The first-order valence-corrected chi connectivity index (χ1v) is 10.9. The van der Waals surface area contributed by atoms with Crippen LogP contribution in [0.1, 0.15) is 37.3 Å². The zero-order chi connectivity index (χ0) is 20.6. The van der Waals surface area contributed by atoms with Gasteiger partial charge in [-0.05, 0) is 68.0 Å². The third-order valence-electron chi connectivity index (χ3n) is 5.40. The first-order chi connectivity index (χ1) is 14.8. The summed E-state index contributed by atoms with van der Waals surface area (Å²) in [6.07, 6.45) is 6.61. The number of ether oxygens (including phenoxy) is 2. The predicted molar refractivity (Wildman–Crippen MR) is 119 cm³/mol. The lowest BCUT2D eigenvalue weighted by Crippen LogP contribution is -2.38. The number of rotatable bonds is 7.